The number of thioether (sulfide) groups is 1. The molecule has 11 amide bonds. The van der Waals surface area contributed by atoms with Crippen molar-refractivity contribution >= 4 is 88.7 Å². The molecule has 0 aromatic heterocycles. The highest BCUT2D eigenvalue weighted by Gasteiger charge is 2.37. The highest BCUT2D eigenvalue weighted by Crippen LogP contribution is 2.28. The van der Waals surface area contributed by atoms with Gasteiger partial charge in [0.1, 0.15) is 48.0 Å². The summed E-state index contributed by atoms with van der Waals surface area (Å²) in [6.07, 6.45) is 4.89. The molecule has 0 saturated heterocycles. The lowest BCUT2D eigenvalue weighted by atomic mass is 9.84. The van der Waals surface area contributed by atoms with Crippen LogP contribution in [-0.4, -0.2) is 178 Å². The van der Waals surface area contributed by atoms with Gasteiger partial charge in [0.25, 0.3) is 0 Å². The Morgan fingerprint density at radius 2 is 1.14 bits per heavy atom. The van der Waals surface area contributed by atoms with E-state index in [4.69, 9.17) is 27.0 Å². The summed E-state index contributed by atoms with van der Waals surface area (Å²) in [4.78, 5) is 171. The number of rotatable bonds is 41. The number of primary amides is 2. The molecule has 0 aliphatic heterocycles. The van der Waals surface area contributed by atoms with Crippen molar-refractivity contribution in [2.24, 2.45) is 40.9 Å². The number of carboxylic acids is 2. The molecule has 2 aromatic carbocycles. The SMILES string of the molecule is CC(C)C[C@@H](NC(=O)[C@@H](C)CCCN)C(=O)N[C@@H](CC(N)=O)C(=O)N[C@@H](CC1CCCCC1)C(=O)N[C@H](C(=O)N[C@@H](CO)C(=O)N[C@@H](CSCC(=O)N[C@@H](Cc1ccc(OCC(=O)O)cc1)C(=O)N[C@H](C)Cc1ccc(C(=O)O)cc1)C(=O)NCC(N)=O)C(C)C. The predicted molar refractivity (Wildman–Crippen MR) is 335 cm³/mol. The molecule has 1 saturated carbocycles. The van der Waals surface area contributed by atoms with Crippen LogP contribution in [0, 0.1) is 23.7 Å². The Bertz CT molecular complexity index is 2800. The van der Waals surface area contributed by atoms with E-state index >= 15 is 0 Å². The van der Waals surface area contributed by atoms with Gasteiger partial charge in [-0.05, 0) is 98.7 Å². The number of hydrogen-bond donors (Lipinski definition) is 15. The molecule has 2 aromatic rings. The number of hydrogen-bond acceptors (Lipinski definition) is 17. The van der Waals surface area contributed by atoms with E-state index in [9.17, 15) is 72.5 Å². The lowest BCUT2D eigenvalue weighted by Gasteiger charge is -2.31. The zero-order valence-corrected chi connectivity index (χ0v) is 53.3. The fraction of sp³-hybridized carbons (Fsp3) is 0.590. The first-order valence-corrected chi connectivity index (χ1v) is 31.6. The molecule has 0 heterocycles. The van der Waals surface area contributed by atoms with Crippen LogP contribution in [0.4, 0.5) is 0 Å². The van der Waals surface area contributed by atoms with Gasteiger partial charge in [0.2, 0.25) is 65.0 Å². The van der Waals surface area contributed by atoms with Crippen molar-refractivity contribution in [1.82, 2.24) is 47.9 Å². The van der Waals surface area contributed by atoms with Gasteiger partial charge >= 0.3 is 11.9 Å². The van der Waals surface area contributed by atoms with E-state index < -0.39 is 169 Å². The first kappa shape index (κ1) is 76.9. The second-order valence-electron chi connectivity index (χ2n) is 23.6. The average molecular weight is 1300 g/mol. The number of ether oxygens (including phenoxy) is 1. The Balaban J connectivity index is 1.81. The number of carbonyl (C=O) groups is 13. The van der Waals surface area contributed by atoms with E-state index in [-0.39, 0.29) is 54.6 Å². The molecule has 9 atom stereocenters. The van der Waals surface area contributed by atoms with Gasteiger partial charge in [0, 0.05) is 24.1 Å². The molecule has 1 aliphatic carbocycles. The first-order valence-electron chi connectivity index (χ1n) is 30.4. The van der Waals surface area contributed by atoms with Crippen LogP contribution in [0.25, 0.3) is 0 Å². The van der Waals surface area contributed by atoms with Gasteiger partial charge in [-0.2, -0.15) is 0 Å². The number of aliphatic hydroxyl groups is 1. The lowest BCUT2D eigenvalue weighted by molar-refractivity contribution is -0.139. The minimum absolute atomic E-state index is 0.0658. The Kier molecular flexibility index (Phi) is 33.5. The zero-order valence-electron chi connectivity index (χ0n) is 52.5. The summed E-state index contributed by atoms with van der Waals surface area (Å²) in [5, 5.41) is 52.0. The van der Waals surface area contributed by atoms with E-state index in [0.29, 0.717) is 43.4 Å². The van der Waals surface area contributed by atoms with E-state index in [1.165, 1.54) is 24.3 Å². The van der Waals surface area contributed by atoms with Gasteiger partial charge in [-0.15, -0.1) is 11.8 Å². The fourth-order valence-electron chi connectivity index (χ4n) is 9.86. The molecule has 29 nitrogen and oxygen atoms in total. The van der Waals surface area contributed by atoms with Crippen LogP contribution in [-0.2, 0) is 70.4 Å². The van der Waals surface area contributed by atoms with Crippen molar-refractivity contribution in [3.63, 3.8) is 0 Å². The largest absolute Gasteiger partial charge is 0.482 e. The standard InChI is InChI=1S/C61H92N12O17S/c1-33(2)23-42(68-53(80)35(5)11-10-22-62)56(83)70-45(27-48(63)75)57(84)69-44(25-37-12-8-7-9-13-37)58(85)73-52(34(3)4)60(87)71-46(29-74)59(86)72-47(54(81)65-28-49(64)76)31-91-32-50(77)67-43(26-39-16-20-41(21-17-39)90-30-51(78)79)55(82)66-36(6)24-38-14-18-40(19-15-38)61(88)89/h14-21,33-37,42-47,52,74H,7-13,22-32,62H2,1-6H3,(H2,63,75)(H2,64,76)(H,65,81)(H,66,82)(H,67,77)(H,68,80)(H,69,84)(H,70,83)(H,71,87)(H,72,86)(H,73,85)(H,78,79)(H,88,89)/t35-,36+,42+,43-,44-,45-,46-,47-,52-/m0/s1. The number of aromatic carboxylic acids is 1. The van der Waals surface area contributed by atoms with Crippen LogP contribution in [0.5, 0.6) is 5.75 Å². The van der Waals surface area contributed by atoms with E-state index in [1.54, 1.807) is 52.0 Å². The number of benzene rings is 2. The van der Waals surface area contributed by atoms with Crippen molar-refractivity contribution in [2.45, 2.75) is 167 Å². The molecule has 3 rings (SSSR count). The molecule has 1 aliphatic rings. The van der Waals surface area contributed by atoms with Gasteiger partial charge in [-0.1, -0.05) is 91.0 Å². The summed E-state index contributed by atoms with van der Waals surface area (Å²) in [6, 6.07) is 1.63. The highest BCUT2D eigenvalue weighted by atomic mass is 32.2. The molecule has 0 radical (unpaired) electrons. The number of carbonyl (C=O) groups excluding carboxylic acids is 11. The van der Waals surface area contributed by atoms with Crippen molar-refractivity contribution in [2.75, 3.05) is 37.8 Å². The first-order chi connectivity index (χ1) is 43.0. The number of aliphatic carboxylic acids is 1. The lowest BCUT2D eigenvalue weighted by Crippen LogP contribution is -2.61. The highest BCUT2D eigenvalue weighted by molar-refractivity contribution is 8.00. The van der Waals surface area contributed by atoms with Crippen LogP contribution in [0.2, 0.25) is 0 Å². The Labute approximate surface area is 533 Å². The molecule has 1 fully saturated rings. The summed E-state index contributed by atoms with van der Waals surface area (Å²) in [5.41, 5.74) is 17.8. The second-order valence-corrected chi connectivity index (χ2v) is 24.6. The van der Waals surface area contributed by atoms with Gasteiger partial charge in [0.15, 0.2) is 6.61 Å². The van der Waals surface area contributed by atoms with Crippen molar-refractivity contribution in [1.29, 1.82) is 0 Å². The summed E-state index contributed by atoms with van der Waals surface area (Å²) < 4.78 is 5.21. The fourth-order valence-corrected chi connectivity index (χ4v) is 10.7. The summed E-state index contributed by atoms with van der Waals surface area (Å²) >= 11 is 0.815. The maximum Gasteiger partial charge on any atom is 0.341 e. The zero-order chi connectivity index (χ0) is 67.9. The Hall–Kier alpha value is -8.38. The molecular formula is C61H92N12O17S. The van der Waals surface area contributed by atoms with Crippen LogP contribution >= 0.6 is 11.8 Å². The van der Waals surface area contributed by atoms with Crippen molar-refractivity contribution in [3.8, 4) is 5.75 Å². The third kappa shape index (κ3) is 29.0. The summed E-state index contributed by atoms with van der Waals surface area (Å²) in [5.74, 6) is -13.4. The minimum Gasteiger partial charge on any atom is -0.482 e. The molecule has 30 heteroatoms. The molecule has 18 N–H and O–H groups in total. The van der Waals surface area contributed by atoms with Gasteiger partial charge in [0.05, 0.1) is 30.9 Å². The maximum absolute atomic E-state index is 14.4. The summed E-state index contributed by atoms with van der Waals surface area (Å²) in [6.45, 7) is 8.26. The van der Waals surface area contributed by atoms with Crippen molar-refractivity contribution < 1.29 is 82.4 Å². The Morgan fingerprint density at radius 3 is 1.71 bits per heavy atom. The maximum atomic E-state index is 14.4. The van der Waals surface area contributed by atoms with E-state index in [1.807, 2.05) is 13.8 Å². The normalized spacial score (nSPS) is 15.3. The molecule has 0 bridgehead atoms. The molecule has 504 valence electrons. The number of amides is 11. The quantitative estimate of drug-likeness (QED) is 0.0371. The van der Waals surface area contributed by atoms with Crippen LogP contribution < -0.4 is 69.8 Å². The number of aliphatic hydroxyl groups excluding tert-OH is 1. The monoisotopic (exact) mass is 1300 g/mol. The molecular weight excluding hydrogens is 1200 g/mol. The van der Waals surface area contributed by atoms with Gasteiger partial charge in [-0.25, -0.2) is 9.59 Å². The van der Waals surface area contributed by atoms with Gasteiger partial charge in [-0.3, -0.25) is 52.7 Å². The molecule has 0 spiro atoms. The van der Waals surface area contributed by atoms with Crippen molar-refractivity contribution in [3.05, 3.63) is 65.2 Å². The smallest absolute Gasteiger partial charge is 0.341 e. The third-order valence-electron chi connectivity index (χ3n) is 14.8. The number of carboxylic acid groups (broad SMARTS) is 2. The number of nitrogens with two attached hydrogens (primary N) is 3. The summed E-state index contributed by atoms with van der Waals surface area (Å²) in [7, 11) is 0. The van der Waals surface area contributed by atoms with Crippen LogP contribution in [0.1, 0.15) is 127 Å². The topological polar surface area (TPSA) is 478 Å². The third-order valence-corrected chi connectivity index (χ3v) is 15.8. The Morgan fingerprint density at radius 1 is 0.593 bits per heavy atom. The number of nitrogens with one attached hydrogen (secondary N) is 9. The average Bonchev–Trinajstić information content (AvgIpc) is 1.23. The minimum atomic E-state index is -1.77. The van der Waals surface area contributed by atoms with E-state index in [0.717, 1.165) is 31.0 Å². The molecule has 0 unspecified atom stereocenters. The van der Waals surface area contributed by atoms with Crippen LogP contribution in [0.15, 0.2) is 48.5 Å². The molecule has 91 heavy (non-hydrogen) atoms. The predicted octanol–water partition coefficient (Wildman–Crippen LogP) is -1.22. The van der Waals surface area contributed by atoms with Crippen LogP contribution in [0.3, 0.4) is 0 Å². The van der Waals surface area contributed by atoms with E-state index in [2.05, 4.69) is 47.9 Å². The second kappa shape index (κ2) is 39.7. The van der Waals surface area contributed by atoms with Gasteiger partial charge < -0.3 is 85.1 Å².